The van der Waals surface area contributed by atoms with E-state index in [1.807, 2.05) is 114 Å². The fourth-order valence-electron chi connectivity index (χ4n) is 10.4. The molecule has 0 amide bonds. The first-order chi connectivity index (χ1) is 47.8. The third-order valence-electron chi connectivity index (χ3n) is 15.3. The van der Waals surface area contributed by atoms with E-state index < -0.39 is 0 Å². The van der Waals surface area contributed by atoms with Crippen LogP contribution in [0.5, 0.6) is 34.8 Å². The third-order valence-corrected chi connectivity index (χ3v) is 15.8. The van der Waals surface area contributed by atoms with E-state index in [2.05, 4.69) is 66.2 Å². The van der Waals surface area contributed by atoms with Crippen LogP contribution in [0.4, 0.5) is 5.69 Å². The number of methoxy groups -OCH3 is 3. The van der Waals surface area contributed by atoms with Crippen molar-refractivity contribution in [3.8, 4) is 68.7 Å². The number of dihydropyridines is 1. The first-order valence-corrected chi connectivity index (χ1v) is 31.7. The van der Waals surface area contributed by atoms with Crippen LogP contribution < -0.4 is 33.9 Å². The highest BCUT2D eigenvalue weighted by atomic mass is 35.5. The van der Waals surface area contributed by atoms with E-state index in [1.54, 1.807) is 56.3 Å². The SMILES string of the molecule is COC1C=C(C=O)C(OCc2cccnc2-c2ccnn2C(C)C)=CN1.COc1cc(C=O)c(OCc2cccnc2-c2ccc(Cl)cc2)cn1.COc1cc(C=O)c(OCc2cccnc2-c2cccc(Cl)c2)cn1.O=Cc1c(O)cccc1OC[C@@H]1CCCN1c1ccccc1. The van der Waals surface area contributed by atoms with Crippen LogP contribution in [0.1, 0.15) is 80.5 Å². The lowest BCUT2D eigenvalue weighted by Crippen LogP contribution is -2.34. The molecule has 10 aromatic rings. The molecule has 0 bridgehead atoms. The van der Waals surface area contributed by atoms with Crippen LogP contribution in [0, 0.1) is 0 Å². The molecule has 2 N–H and O–H groups in total. The zero-order chi connectivity index (χ0) is 69.2. The summed E-state index contributed by atoms with van der Waals surface area (Å²) in [6.07, 6.45) is 17.9. The number of phenols is 1. The zero-order valence-corrected chi connectivity index (χ0v) is 55.8. The number of aromatic nitrogens is 7. The number of carbonyl (C=O) groups excluding carboxylic acids is 4. The van der Waals surface area contributed by atoms with Crippen molar-refractivity contribution >= 4 is 54.0 Å². The van der Waals surface area contributed by atoms with Crippen LogP contribution in [0.2, 0.25) is 10.0 Å². The van der Waals surface area contributed by atoms with Crippen molar-refractivity contribution in [1.82, 2.24) is 40.0 Å². The predicted octanol–water partition coefficient (Wildman–Crippen LogP) is 14.2. The molecule has 6 aromatic heterocycles. The molecule has 1 unspecified atom stereocenters. The minimum absolute atomic E-state index is 0.0427. The monoisotopic (exact) mass is 1360 g/mol. The highest BCUT2D eigenvalue weighted by Gasteiger charge is 2.26. The lowest BCUT2D eigenvalue weighted by Gasteiger charge is -2.27. The van der Waals surface area contributed by atoms with E-state index in [0.717, 1.165) is 76.3 Å². The molecule has 0 aliphatic carbocycles. The molecule has 2 atom stereocenters. The van der Waals surface area contributed by atoms with Crippen LogP contribution in [0.3, 0.4) is 0 Å². The number of hydrogen-bond acceptors (Lipinski definition) is 20. The van der Waals surface area contributed by atoms with Gasteiger partial charge in [-0.25, -0.2) is 9.97 Å². The predicted molar refractivity (Wildman–Crippen MR) is 373 cm³/mol. The van der Waals surface area contributed by atoms with E-state index in [4.69, 9.17) is 56.4 Å². The standard InChI is InChI=1S/2C19H15ClN2O3.C19H22N4O3.C18H19NO3/c1-24-18-9-15(11-23)17(10-22-18)25-12-14-5-3-7-21-19(14)13-4-2-6-16(20)8-13;1-24-18-9-15(11-23)17(10-22-18)25-12-14-3-2-8-21-19(14)13-4-6-16(20)7-5-13;1-13(2)23-16(6-8-22-23)19-14(5-4-7-20-19)12-26-17-10-21-18(25-3)9-15(17)11-24;20-12-16-17(21)9-4-10-18(16)22-13-15-8-5-11-19(15)14-6-2-1-3-7-14/h2*2-11H,12H2,1H3;4-11,13,18,21H,12H2,1-3H3;1-4,6-7,9-10,12,15,21H,5,8,11,13H2/t;;;15-/m...0/s1. The largest absolute Gasteiger partial charge is 0.507 e. The number of nitrogens with one attached hydrogen (secondary N) is 1. The molecule has 98 heavy (non-hydrogen) atoms. The summed E-state index contributed by atoms with van der Waals surface area (Å²) < 4.78 is 40.4. The number of allylic oxidation sites excluding steroid dienone is 1. The quantitative estimate of drug-likeness (QED) is 0.0533. The average molecular weight is 1360 g/mol. The minimum Gasteiger partial charge on any atom is -0.507 e. The molecule has 21 nitrogen and oxygen atoms in total. The normalized spacial score (nSPS) is 13.6. The molecule has 1 saturated heterocycles. The summed E-state index contributed by atoms with van der Waals surface area (Å²) in [6.45, 7) is 6.43. The van der Waals surface area contributed by atoms with E-state index in [0.29, 0.717) is 87.0 Å². The van der Waals surface area contributed by atoms with Gasteiger partial charge in [-0.2, -0.15) is 5.10 Å². The molecule has 12 rings (SSSR count). The Hall–Kier alpha value is -11.3. The van der Waals surface area contributed by atoms with Gasteiger partial charge in [0.05, 0.1) is 77.7 Å². The summed E-state index contributed by atoms with van der Waals surface area (Å²) in [5.41, 5.74) is 10.4. The molecule has 0 spiro atoms. The molecule has 502 valence electrons. The number of phenolic OH excluding ortho intramolecular Hbond substituents is 1. The number of pyridine rings is 5. The maximum Gasteiger partial charge on any atom is 0.213 e. The molecule has 0 saturated carbocycles. The molecule has 1 fully saturated rings. The number of hydrogen-bond donors (Lipinski definition) is 2. The van der Waals surface area contributed by atoms with Crippen molar-refractivity contribution < 1.29 is 57.4 Å². The first-order valence-electron chi connectivity index (χ1n) is 31.0. The Kier molecular flexibility index (Phi) is 26.1. The molecular formula is C75H71Cl2N9O12. The second-order valence-corrected chi connectivity index (χ2v) is 22.8. The van der Waals surface area contributed by atoms with Gasteiger partial charge in [-0.3, -0.25) is 38.8 Å². The number of para-hydroxylation sites is 1. The first kappa shape index (κ1) is 71.0. The molecule has 4 aromatic carbocycles. The fraction of sp³-hybridized carbons (Fsp3) is 0.200. The van der Waals surface area contributed by atoms with Crippen molar-refractivity contribution in [2.45, 2.75) is 64.8 Å². The second kappa shape index (κ2) is 36.0. The van der Waals surface area contributed by atoms with Crippen LogP contribution in [0.15, 0.2) is 212 Å². The van der Waals surface area contributed by atoms with Crippen molar-refractivity contribution in [3.63, 3.8) is 0 Å². The van der Waals surface area contributed by atoms with E-state index in [1.165, 1.54) is 50.5 Å². The van der Waals surface area contributed by atoms with Gasteiger partial charge < -0.3 is 48.5 Å². The van der Waals surface area contributed by atoms with Crippen LogP contribution >= 0.6 is 23.2 Å². The van der Waals surface area contributed by atoms with Gasteiger partial charge in [-0.15, -0.1) is 0 Å². The Labute approximate surface area is 577 Å². The topological polar surface area (TPSA) is 251 Å². The maximum absolute atomic E-state index is 11.3. The zero-order valence-electron chi connectivity index (χ0n) is 54.3. The van der Waals surface area contributed by atoms with Crippen LogP contribution in [-0.4, -0.2) is 112 Å². The second-order valence-electron chi connectivity index (χ2n) is 22.0. The highest BCUT2D eigenvalue weighted by Crippen LogP contribution is 2.32. The molecule has 0 radical (unpaired) electrons. The van der Waals surface area contributed by atoms with Gasteiger partial charge in [0.25, 0.3) is 0 Å². The smallest absolute Gasteiger partial charge is 0.213 e. The third kappa shape index (κ3) is 19.0. The molecule has 8 heterocycles. The summed E-state index contributed by atoms with van der Waals surface area (Å²) in [5.74, 6) is 2.36. The number of rotatable bonds is 24. The Bertz CT molecular complexity index is 4360. The summed E-state index contributed by atoms with van der Waals surface area (Å²) in [5, 5.41) is 18.4. The average Bonchev–Trinajstić information content (AvgIpc) is 1.68. The lowest BCUT2D eigenvalue weighted by atomic mass is 10.1. The van der Waals surface area contributed by atoms with Gasteiger partial charge in [0.2, 0.25) is 11.8 Å². The van der Waals surface area contributed by atoms with Gasteiger partial charge in [0.15, 0.2) is 25.1 Å². The van der Waals surface area contributed by atoms with E-state index >= 15 is 0 Å². The van der Waals surface area contributed by atoms with Gasteiger partial charge in [0, 0.05) is 106 Å². The summed E-state index contributed by atoms with van der Waals surface area (Å²) >= 11 is 12.0. The van der Waals surface area contributed by atoms with Gasteiger partial charge in [0.1, 0.15) is 61.4 Å². The number of nitrogens with zero attached hydrogens (tertiary/aromatic N) is 8. The number of ether oxygens (including phenoxy) is 7. The summed E-state index contributed by atoms with van der Waals surface area (Å²) in [4.78, 5) is 68.7. The Morgan fingerprint density at radius 2 is 1.18 bits per heavy atom. The van der Waals surface area contributed by atoms with E-state index in [9.17, 15) is 24.3 Å². The van der Waals surface area contributed by atoms with Crippen molar-refractivity contribution in [1.29, 1.82) is 0 Å². The summed E-state index contributed by atoms with van der Waals surface area (Å²) in [7, 11) is 4.55. The molecule has 2 aliphatic rings. The summed E-state index contributed by atoms with van der Waals surface area (Å²) in [6, 6.07) is 46.9. The van der Waals surface area contributed by atoms with Crippen molar-refractivity contribution in [2.24, 2.45) is 0 Å². The molecule has 23 heteroatoms. The van der Waals surface area contributed by atoms with Crippen molar-refractivity contribution in [3.05, 3.63) is 256 Å². The number of halogens is 2. The Morgan fingerprint density at radius 1 is 0.582 bits per heavy atom. The maximum atomic E-state index is 11.3. The van der Waals surface area contributed by atoms with E-state index in [-0.39, 0.29) is 49.4 Å². The highest BCUT2D eigenvalue weighted by molar-refractivity contribution is 6.31. The lowest BCUT2D eigenvalue weighted by molar-refractivity contribution is -0.105. The Morgan fingerprint density at radius 3 is 1.77 bits per heavy atom. The number of aromatic hydroxyl groups is 1. The number of carbonyl (C=O) groups is 4. The van der Waals surface area contributed by atoms with Gasteiger partial charge in [-0.05, 0) is 106 Å². The van der Waals surface area contributed by atoms with Crippen LogP contribution in [0.25, 0.3) is 33.9 Å². The molecular weight excluding hydrogens is 1290 g/mol. The number of benzene rings is 4. The van der Waals surface area contributed by atoms with Gasteiger partial charge >= 0.3 is 0 Å². The number of aldehydes is 4. The fourth-order valence-corrected chi connectivity index (χ4v) is 10.7. The minimum atomic E-state index is -0.336. The number of anilines is 1. The van der Waals surface area contributed by atoms with Crippen molar-refractivity contribution in [2.75, 3.05) is 39.4 Å². The van der Waals surface area contributed by atoms with Crippen LogP contribution in [-0.2, 0) is 34.1 Å². The molecule has 2 aliphatic heterocycles. The Balaban J connectivity index is 0.000000153. The van der Waals surface area contributed by atoms with Gasteiger partial charge in [-0.1, -0.05) is 89.9 Å².